The molecule has 1 aromatic heterocycles. The molecule has 0 bridgehead atoms. The van der Waals surface area contributed by atoms with Gasteiger partial charge in [0.25, 0.3) is 11.5 Å². The van der Waals surface area contributed by atoms with Crippen molar-refractivity contribution < 1.29 is 37.4 Å². The zero-order chi connectivity index (χ0) is 19.8. The molecular formula is C14H11F4N3O5. The number of aliphatic carboxylic acids is 1. The van der Waals surface area contributed by atoms with Crippen molar-refractivity contribution in [2.45, 2.75) is 6.30 Å². The van der Waals surface area contributed by atoms with Crippen LogP contribution in [0.2, 0.25) is 0 Å². The van der Waals surface area contributed by atoms with Gasteiger partial charge in [-0.25, -0.2) is 4.39 Å². The van der Waals surface area contributed by atoms with E-state index in [0.717, 1.165) is 18.4 Å². The van der Waals surface area contributed by atoms with Crippen LogP contribution in [0.25, 0.3) is 10.9 Å². The van der Waals surface area contributed by atoms with Crippen LogP contribution in [-0.2, 0) is 11.8 Å². The molecule has 1 aromatic carbocycles. The number of anilines is 1. The Labute approximate surface area is 141 Å². The Morgan fingerprint density at radius 3 is 2.42 bits per heavy atom. The number of nitrogens with one attached hydrogen (secondary N) is 2. The molecule has 0 aliphatic rings. The molecule has 0 radical (unpaired) electrons. The topological polar surface area (TPSA) is 121 Å². The Hall–Kier alpha value is -3.31. The first-order chi connectivity index (χ1) is 11.9. The second-order valence-electron chi connectivity index (χ2n) is 5.11. The van der Waals surface area contributed by atoms with Gasteiger partial charge in [0.2, 0.25) is 0 Å². The van der Waals surface area contributed by atoms with Gasteiger partial charge in [0.1, 0.15) is 29.4 Å². The molecule has 0 saturated carbocycles. The van der Waals surface area contributed by atoms with E-state index in [1.165, 1.54) is 0 Å². The number of fused-ring (bicyclic) bond motifs is 1. The molecule has 0 unspecified atom stereocenters. The summed E-state index contributed by atoms with van der Waals surface area (Å²) in [6.07, 6.45) is -5.03. The van der Waals surface area contributed by atoms with Gasteiger partial charge in [-0.05, 0) is 12.1 Å². The summed E-state index contributed by atoms with van der Waals surface area (Å²) in [6, 6.07) is 1.49. The number of aromatic nitrogens is 1. The summed E-state index contributed by atoms with van der Waals surface area (Å²) in [5.74, 6) is -5.01. The number of amides is 1. The number of pyridine rings is 1. The van der Waals surface area contributed by atoms with E-state index in [-0.39, 0.29) is 0 Å². The minimum atomic E-state index is -5.03. The summed E-state index contributed by atoms with van der Waals surface area (Å²) in [5, 5.41) is 21.1. The summed E-state index contributed by atoms with van der Waals surface area (Å²) in [7, 11) is 0.971. The summed E-state index contributed by atoms with van der Waals surface area (Å²) < 4.78 is 52.3. The molecule has 4 N–H and O–H groups in total. The summed E-state index contributed by atoms with van der Waals surface area (Å²) in [5.41, 5.74) is -3.86. The molecule has 1 heterocycles. The second-order valence-corrected chi connectivity index (χ2v) is 5.11. The number of nitrogens with zero attached hydrogens (tertiary/aromatic N) is 1. The van der Waals surface area contributed by atoms with Crippen LogP contribution < -0.4 is 16.2 Å². The minimum absolute atomic E-state index is 0.416. The van der Waals surface area contributed by atoms with E-state index in [0.29, 0.717) is 10.6 Å². The molecule has 0 aliphatic carbocycles. The third-order valence-electron chi connectivity index (χ3n) is 3.37. The lowest BCUT2D eigenvalue weighted by molar-refractivity contribution is -0.135. The van der Waals surface area contributed by atoms with Gasteiger partial charge in [0.05, 0.1) is 5.52 Å². The summed E-state index contributed by atoms with van der Waals surface area (Å²) in [6.45, 7) is -0.857. The van der Waals surface area contributed by atoms with Gasteiger partial charge < -0.3 is 20.1 Å². The molecule has 0 aliphatic heterocycles. The quantitative estimate of drug-likeness (QED) is 0.468. The molecule has 140 valence electrons. The number of alkyl halides is 3. The van der Waals surface area contributed by atoms with Crippen LogP contribution in [0, 0.1) is 5.82 Å². The molecule has 8 nitrogen and oxygen atoms in total. The average molecular weight is 377 g/mol. The van der Waals surface area contributed by atoms with Gasteiger partial charge in [0, 0.05) is 12.4 Å². The number of carboxylic acid groups (broad SMARTS) is 1. The maximum Gasteiger partial charge on any atom is 0.482 e. The van der Waals surface area contributed by atoms with Crippen molar-refractivity contribution in [1.29, 1.82) is 0 Å². The van der Waals surface area contributed by atoms with Gasteiger partial charge in [-0.1, -0.05) is 0 Å². The van der Waals surface area contributed by atoms with Crippen LogP contribution in [0.5, 0.6) is 5.75 Å². The Morgan fingerprint density at radius 2 is 1.88 bits per heavy atom. The lowest BCUT2D eigenvalue weighted by atomic mass is 10.1. The van der Waals surface area contributed by atoms with Gasteiger partial charge in [-0.15, -0.1) is 0 Å². The van der Waals surface area contributed by atoms with Crippen molar-refractivity contribution in [2.24, 2.45) is 7.05 Å². The highest BCUT2D eigenvalue weighted by Gasteiger charge is 2.31. The van der Waals surface area contributed by atoms with Crippen LogP contribution in [-0.4, -0.2) is 39.5 Å². The Balaban J connectivity index is 2.76. The number of carboxylic acids is 1. The van der Waals surface area contributed by atoms with E-state index in [2.05, 4.69) is 0 Å². The fourth-order valence-electron chi connectivity index (χ4n) is 2.32. The highest BCUT2D eigenvalue weighted by atomic mass is 19.4. The number of carbonyl (C=O) groups is 2. The monoisotopic (exact) mass is 377 g/mol. The molecule has 0 spiro atoms. The molecule has 0 saturated heterocycles. The number of halogens is 4. The smallest absolute Gasteiger partial charge is 0.482 e. The van der Waals surface area contributed by atoms with E-state index in [1.807, 2.05) is 5.32 Å². The molecule has 1 amide bonds. The molecular weight excluding hydrogens is 366 g/mol. The summed E-state index contributed by atoms with van der Waals surface area (Å²) in [4.78, 5) is 34.7. The predicted octanol–water partition coefficient (Wildman–Crippen LogP) is 1.13. The normalized spacial score (nSPS) is 11.4. The summed E-state index contributed by atoms with van der Waals surface area (Å²) >= 11 is 0. The lowest BCUT2D eigenvalue weighted by Gasteiger charge is -2.17. The van der Waals surface area contributed by atoms with E-state index < -0.39 is 64.0 Å². The molecule has 2 rings (SSSR count). The first-order valence-electron chi connectivity index (χ1n) is 6.83. The van der Waals surface area contributed by atoms with Crippen molar-refractivity contribution in [3.63, 3.8) is 0 Å². The second kappa shape index (κ2) is 6.54. The fraction of sp³-hybridized carbons (Fsp3) is 0.214. The first-order valence-corrected chi connectivity index (χ1v) is 6.83. The number of hydrogen-bond donors (Lipinski definition) is 4. The number of aryl methyl sites for hydroxylation is 1. The van der Waals surface area contributed by atoms with Gasteiger partial charge in [0.15, 0.2) is 0 Å². The number of carbonyl (C=O) groups excluding carboxylic acids is 1. The van der Waals surface area contributed by atoms with E-state index in [9.17, 15) is 37.1 Å². The van der Waals surface area contributed by atoms with Crippen molar-refractivity contribution >= 4 is 28.5 Å². The minimum Gasteiger partial charge on any atom is -0.506 e. The largest absolute Gasteiger partial charge is 0.506 e. The Kier molecular flexibility index (Phi) is 4.78. The highest BCUT2D eigenvalue weighted by Crippen LogP contribution is 2.34. The predicted molar refractivity (Wildman–Crippen MR) is 80.5 cm³/mol. The van der Waals surface area contributed by atoms with Crippen molar-refractivity contribution in [2.75, 3.05) is 11.9 Å². The standard InChI is InChI=1S/C14H11F4N3O5/c1-21-10-5(2-3-6(15)9(10)20-14(16,17)18)11(24)8(13(21)26)12(25)19-4-7(22)23/h2-3,20,24H,4H2,1H3,(H,19,25)(H,22,23). The zero-order valence-corrected chi connectivity index (χ0v) is 12.9. The van der Waals surface area contributed by atoms with Crippen molar-refractivity contribution in [3.05, 3.63) is 33.9 Å². The molecule has 12 heteroatoms. The SMILES string of the molecule is Cn1c(=O)c(C(=O)NCC(=O)O)c(O)c2ccc(F)c(NC(F)(F)F)c21. The molecule has 0 fully saturated rings. The molecule has 26 heavy (non-hydrogen) atoms. The average Bonchev–Trinajstić information content (AvgIpc) is 2.51. The lowest BCUT2D eigenvalue weighted by Crippen LogP contribution is -2.35. The van der Waals surface area contributed by atoms with E-state index >= 15 is 0 Å². The zero-order valence-electron chi connectivity index (χ0n) is 12.9. The van der Waals surface area contributed by atoms with E-state index in [1.54, 1.807) is 0 Å². The number of aromatic hydroxyl groups is 1. The Morgan fingerprint density at radius 1 is 1.27 bits per heavy atom. The van der Waals surface area contributed by atoms with Gasteiger partial charge >= 0.3 is 12.3 Å². The Bertz CT molecular complexity index is 968. The first kappa shape index (κ1) is 19.0. The van der Waals surface area contributed by atoms with Crippen LogP contribution in [0.15, 0.2) is 16.9 Å². The third kappa shape index (κ3) is 3.53. The van der Waals surface area contributed by atoms with Crippen LogP contribution in [0.3, 0.4) is 0 Å². The van der Waals surface area contributed by atoms with Crippen LogP contribution in [0.4, 0.5) is 23.2 Å². The maximum absolute atomic E-state index is 13.9. The van der Waals surface area contributed by atoms with Crippen molar-refractivity contribution in [1.82, 2.24) is 9.88 Å². The van der Waals surface area contributed by atoms with Crippen LogP contribution in [0.1, 0.15) is 10.4 Å². The number of rotatable bonds is 4. The fourth-order valence-corrected chi connectivity index (χ4v) is 2.32. The number of benzene rings is 1. The van der Waals surface area contributed by atoms with Crippen LogP contribution >= 0.6 is 0 Å². The van der Waals surface area contributed by atoms with Gasteiger partial charge in [-0.2, -0.15) is 13.2 Å². The van der Waals surface area contributed by atoms with Gasteiger partial charge in [-0.3, -0.25) is 19.7 Å². The molecule has 2 aromatic rings. The highest BCUT2D eigenvalue weighted by molar-refractivity contribution is 6.05. The molecule has 0 atom stereocenters. The number of hydrogen-bond acceptors (Lipinski definition) is 5. The third-order valence-corrected chi connectivity index (χ3v) is 3.37. The maximum atomic E-state index is 13.9. The van der Waals surface area contributed by atoms with Crippen molar-refractivity contribution in [3.8, 4) is 5.75 Å². The van der Waals surface area contributed by atoms with E-state index in [4.69, 9.17) is 5.11 Å².